The van der Waals surface area contributed by atoms with Crippen molar-refractivity contribution in [2.24, 2.45) is 5.73 Å². The normalized spacial score (nSPS) is 16.4. The van der Waals surface area contributed by atoms with Crippen molar-refractivity contribution in [1.82, 2.24) is 9.21 Å². The van der Waals surface area contributed by atoms with Crippen LogP contribution in [0.3, 0.4) is 0 Å². The van der Waals surface area contributed by atoms with Gasteiger partial charge in [0, 0.05) is 18.2 Å². The number of nitrogens with two attached hydrogens (primary N) is 1. The molecule has 2 N–H and O–H groups in total. The van der Waals surface area contributed by atoms with Gasteiger partial charge < -0.3 is 10.6 Å². The number of halogens is 2. The lowest BCUT2D eigenvalue weighted by Gasteiger charge is -2.40. The third-order valence-electron chi connectivity index (χ3n) is 5.82. The minimum absolute atomic E-state index is 0.135. The Morgan fingerprint density at radius 1 is 1.03 bits per heavy atom. The van der Waals surface area contributed by atoms with Crippen LogP contribution in [0.2, 0.25) is 10.0 Å². The molecule has 1 unspecified atom stereocenters. The zero-order valence-electron chi connectivity index (χ0n) is 18.3. The molecule has 0 aliphatic heterocycles. The molecule has 0 heterocycles. The van der Waals surface area contributed by atoms with E-state index in [9.17, 15) is 13.2 Å². The summed E-state index contributed by atoms with van der Waals surface area (Å²) in [5, 5.41) is 0.813. The summed E-state index contributed by atoms with van der Waals surface area (Å²) in [5.74, 6) is -0.598. The summed E-state index contributed by atoms with van der Waals surface area (Å²) in [6.45, 7) is 0.479. The largest absolute Gasteiger partial charge is 0.366 e. The first-order valence-electron chi connectivity index (χ1n) is 10.6. The van der Waals surface area contributed by atoms with Crippen molar-refractivity contribution in [2.45, 2.75) is 49.1 Å². The van der Waals surface area contributed by atoms with Crippen molar-refractivity contribution >= 4 is 39.1 Å². The average Bonchev–Trinajstić information content (AvgIpc) is 2.75. The summed E-state index contributed by atoms with van der Waals surface area (Å²) in [4.78, 5) is 13.6. The molecule has 0 aromatic heterocycles. The van der Waals surface area contributed by atoms with Gasteiger partial charge in [-0.05, 0) is 68.9 Å². The Kier molecular flexibility index (Phi) is 8.22. The van der Waals surface area contributed by atoms with Gasteiger partial charge in [-0.2, -0.15) is 4.31 Å². The number of carbonyl (C=O) groups excluding carboxylic acids is 1. The smallest absolute Gasteiger partial charge is 0.248 e. The van der Waals surface area contributed by atoms with E-state index < -0.39 is 22.0 Å². The van der Waals surface area contributed by atoms with Crippen molar-refractivity contribution in [3.05, 3.63) is 63.6 Å². The number of hydrogen-bond acceptors (Lipinski definition) is 4. The molecule has 0 saturated heterocycles. The molecule has 0 radical (unpaired) electrons. The van der Waals surface area contributed by atoms with Crippen molar-refractivity contribution in [3.8, 4) is 0 Å². The van der Waals surface area contributed by atoms with Gasteiger partial charge in [0.2, 0.25) is 15.9 Å². The van der Waals surface area contributed by atoms with Crippen LogP contribution in [0.5, 0.6) is 0 Å². The summed E-state index contributed by atoms with van der Waals surface area (Å²) in [5.41, 5.74) is 6.38. The number of likely N-dealkylation sites (N-methyl/N-ethyl adjacent to an activating group) is 1. The van der Waals surface area contributed by atoms with Gasteiger partial charge in [-0.3, -0.25) is 4.79 Å². The molecule has 0 spiro atoms. The Bertz CT molecular complexity index is 1050. The van der Waals surface area contributed by atoms with Crippen LogP contribution in [0, 0.1) is 0 Å². The Morgan fingerprint density at radius 3 is 2.19 bits per heavy atom. The van der Waals surface area contributed by atoms with Crippen LogP contribution in [-0.2, 0) is 10.0 Å². The lowest BCUT2D eigenvalue weighted by Crippen LogP contribution is -2.46. The predicted molar refractivity (Wildman–Crippen MR) is 129 cm³/mol. The molecule has 9 heteroatoms. The number of sulfonamides is 1. The molecule has 1 aliphatic carbocycles. The Morgan fingerprint density at radius 2 is 1.66 bits per heavy atom. The molecule has 1 atom stereocenters. The Labute approximate surface area is 200 Å². The molecule has 1 aliphatic rings. The molecular weight excluding hydrogens is 469 g/mol. The van der Waals surface area contributed by atoms with Gasteiger partial charge in [-0.1, -0.05) is 48.5 Å². The molecule has 6 nitrogen and oxygen atoms in total. The third kappa shape index (κ3) is 5.64. The first kappa shape index (κ1) is 25.0. The quantitative estimate of drug-likeness (QED) is 0.571. The van der Waals surface area contributed by atoms with E-state index in [1.807, 2.05) is 25.1 Å². The van der Waals surface area contributed by atoms with Crippen molar-refractivity contribution in [3.63, 3.8) is 0 Å². The molecule has 0 bridgehead atoms. The molecule has 1 saturated carbocycles. The van der Waals surface area contributed by atoms with Gasteiger partial charge in [0.05, 0.1) is 21.0 Å². The van der Waals surface area contributed by atoms with Crippen LogP contribution in [0.15, 0.2) is 47.4 Å². The van der Waals surface area contributed by atoms with Crippen molar-refractivity contribution in [2.75, 3.05) is 20.6 Å². The molecule has 1 amide bonds. The van der Waals surface area contributed by atoms with Crippen LogP contribution in [0.4, 0.5) is 0 Å². The van der Waals surface area contributed by atoms with Crippen LogP contribution in [-0.4, -0.2) is 50.2 Å². The monoisotopic (exact) mass is 497 g/mol. The zero-order chi connectivity index (χ0) is 23.5. The molecule has 3 rings (SSSR count). The molecule has 174 valence electrons. The standard InChI is InChI=1S/C23H29Cl2N3O3S/c1-27(2)15-22(17-10-13-20(24)21(25)14-17)28(18-6-4-3-5-7-18)32(30,31)19-11-8-16(9-12-19)23(26)29/h8-14,18,22H,3-7,15H2,1-2H3,(H2,26,29). The van der Waals surface area contributed by atoms with Crippen molar-refractivity contribution in [1.29, 1.82) is 0 Å². The fourth-order valence-corrected chi connectivity index (χ4v) is 6.42. The first-order chi connectivity index (χ1) is 15.1. The highest BCUT2D eigenvalue weighted by atomic mass is 35.5. The summed E-state index contributed by atoms with van der Waals surface area (Å²) in [6, 6.07) is 10.5. The highest BCUT2D eigenvalue weighted by molar-refractivity contribution is 7.89. The lowest BCUT2D eigenvalue weighted by atomic mass is 9.93. The fourth-order valence-electron chi connectivity index (χ4n) is 4.26. The topological polar surface area (TPSA) is 83.7 Å². The van der Waals surface area contributed by atoms with E-state index in [1.165, 1.54) is 24.3 Å². The SMILES string of the molecule is CN(C)CC(c1ccc(Cl)c(Cl)c1)N(C1CCCCC1)S(=O)(=O)c1ccc(C(N)=O)cc1. The number of benzene rings is 2. The summed E-state index contributed by atoms with van der Waals surface area (Å²) < 4.78 is 29.6. The number of nitrogens with zero attached hydrogens (tertiary/aromatic N) is 2. The fraction of sp³-hybridized carbons (Fsp3) is 0.435. The minimum atomic E-state index is -3.88. The average molecular weight is 498 g/mol. The van der Waals surface area contributed by atoms with E-state index in [1.54, 1.807) is 16.4 Å². The maximum atomic E-state index is 14.0. The first-order valence-corrected chi connectivity index (χ1v) is 12.8. The summed E-state index contributed by atoms with van der Waals surface area (Å²) in [7, 11) is -0.0516. The van der Waals surface area contributed by atoms with Gasteiger partial charge in [0.25, 0.3) is 0 Å². The van der Waals surface area contributed by atoms with Gasteiger partial charge in [0.1, 0.15) is 0 Å². The Balaban J connectivity index is 2.13. The Hall–Kier alpha value is -1.64. The summed E-state index contributed by atoms with van der Waals surface area (Å²) in [6.07, 6.45) is 4.65. The molecular formula is C23H29Cl2N3O3S. The minimum Gasteiger partial charge on any atom is -0.366 e. The number of rotatable bonds is 8. The van der Waals surface area contributed by atoms with E-state index in [4.69, 9.17) is 28.9 Å². The predicted octanol–water partition coefficient (Wildman–Crippen LogP) is 4.72. The van der Waals surface area contributed by atoms with E-state index in [2.05, 4.69) is 0 Å². The highest BCUT2D eigenvalue weighted by Gasteiger charge is 2.39. The van der Waals surface area contributed by atoms with Crippen LogP contribution < -0.4 is 5.73 Å². The van der Waals surface area contributed by atoms with Gasteiger partial charge in [-0.15, -0.1) is 0 Å². The summed E-state index contributed by atoms with van der Waals surface area (Å²) >= 11 is 12.4. The van der Waals surface area contributed by atoms with Gasteiger partial charge in [0.15, 0.2) is 0 Å². The maximum Gasteiger partial charge on any atom is 0.248 e. The zero-order valence-corrected chi connectivity index (χ0v) is 20.6. The van der Waals surface area contributed by atoms with Gasteiger partial charge in [-0.25, -0.2) is 8.42 Å². The second kappa shape index (κ2) is 10.5. The van der Waals surface area contributed by atoms with Crippen LogP contribution in [0.25, 0.3) is 0 Å². The van der Waals surface area contributed by atoms with Crippen molar-refractivity contribution < 1.29 is 13.2 Å². The second-order valence-corrected chi connectivity index (χ2v) is 11.1. The molecule has 2 aromatic rings. The number of amides is 1. The van der Waals surface area contributed by atoms with Gasteiger partial charge >= 0.3 is 0 Å². The molecule has 2 aromatic carbocycles. The highest BCUT2D eigenvalue weighted by Crippen LogP contribution is 2.37. The van der Waals surface area contributed by atoms with E-state index in [0.29, 0.717) is 16.6 Å². The van der Waals surface area contributed by atoms with E-state index in [-0.39, 0.29) is 16.5 Å². The maximum absolute atomic E-state index is 14.0. The lowest BCUT2D eigenvalue weighted by molar-refractivity contribution is 0.1000. The van der Waals surface area contributed by atoms with Crippen LogP contribution >= 0.6 is 23.2 Å². The van der Waals surface area contributed by atoms with E-state index >= 15 is 0 Å². The van der Waals surface area contributed by atoms with Crippen LogP contribution in [0.1, 0.15) is 54.1 Å². The molecule has 1 fully saturated rings. The molecule has 32 heavy (non-hydrogen) atoms. The third-order valence-corrected chi connectivity index (χ3v) is 8.54. The van der Waals surface area contributed by atoms with E-state index in [0.717, 1.165) is 37.7 Å². The number of primary amides is 1. The number of hydrogen-bond donors (Lipinski definition) is 1. The number of carbonyl (C=O) groups is 1. The second-order valence-electron chi connectivity index (χ2n) is 8.47.